The molecule has 0 unspecified atom stereocenters. The molecule has 0 atom stereocenters. The lowest BCUT2D eigenvalue weighted by molar-refractivity contribution is -0.124. The zero-order valence-electron chi connectivity index (χ0n) is 30.1. The van der Waals surface area contributed by atoms with Gasteiger partial charge in [0.1, 0.15) is 0 Å². The van der Waals surface area contributed by atoms with E-state index in [9.17, 15) is 14.4 Å². The van der Waals surface area contributed by atoms with Crippen LogP contribution >= 0.6 is 0 Å². The summed E-state index contributed by atoms with van der Waals surface area (Å²) < 4.78 is 11.1. The molecule has 4 aliphatic rings. The van der Waals surface area contributed by atoms with Crippen LogP contribution in [0.3, 0.4) is 0 Å². The fraction of sp³-hybridized carbons (Fsp3) is 0.525. The zero-order valence-corrected chi connectivity index (χ0v) is 30.1. The Morgan fingerprint density at radius 2 is 1.64 bits per heavy atom. The summed E-state index contributed by atoms with van der Waals surface area (Å²) in [5.41, 5.74) is 7.76. The number of rotatable bonds is 9. The maximum atomic E-state index is 14.1. The van der Waals surface area contributed by atoms with E-state index >= 15 is 0 Å². The van der Waals surface area contributed by atoms with Crippen molar-refractivity contribution in [2.75, 3.05) is 50.2 Å². The second kappa shape index (κ2) is 14.0. The number of benzene rings is 2. The highest BCUT2D eigenvalue weighted by atomic mass is 16.5. The molecule has 4 heterocycles. The Bertz CT molecular complexity index is 1830. The Labute approximate surface area is 294 Å². The molecule has 266 valence electrons. The Hall–Kier alpha value is -3.99. The van der Waals surface area contributed by atoms with Crippen molar-refractivity contribution < 1.29 is 19.1 Å². The quantitative estimate of drug-likeness (QED) is 0.278. The number of anilines is 2. The summed E-state index contributed by atoms with van der Waals surface area (Å²) in [7, 11) is 2.24. The van der Waals surface area contributed by atoms with Gasteiger partial charge in [-0.1, -0.05) is 12.1 Å². The average Bonchev–Trinajstić information content (AvgIpc) is 3.34. The van der Waals surface area contributed by atoms with E-state index in [1.807, 2.05) is 32.9 Å². The van der Waals surface area contributed by atoms with E-state index in [1.54, 1.807) is 0 Å². The molecule has 0 bridgehead atoms. The molecule has 3 aliphatic heterocycles. The van der Waals surface area contributed by atoms with Gasteiger partial charge in [-0.2, -0.15) is 0 Å². The second-order valence-corrected chi connectivity index (χ2v) is 14.8. The van der Waals surface area contributed by atoms with Gasteiger partial charge < -0.3 is 30.0 Å². The molecule has 0 radical (unpaired) electrons. The largest absolute Gasteiger partial charge is 0.381 e. The summed E-state index contributed by atoms with van der Waals surface area (Å²) in [5, 5.41) is 6.23. The number of amides is 2. The molecule has 1 aliphatic carbocycles. The summed E-state index contributed by atoms with van der Waals surface area (Å²) in [5.74, 6) is -0.174. The number of pyridine rings is 1. The van der Waals surface area contributed by atoms with Gasteiger partial charge in [-0.3, -0.25) is 19.3 Å². The summed E-state index contributed by atoms with van der Waals surface area (Å²) in [6.45, 7) is 11.7. The third kappa shape index (κ3) is 6.26. The van der Waals surface area contributed by atoms with Crippen molar-refractivity contribution in [3.63, 3.8) is 0 Å². The molecule has 3 aromatic rings. The molecule has 2 aromatic carbocycles. The van der Waals surface area contributed by atoms with E-state index in [2.05, 4.69) is 63.7 Å². The number of aryl methyl sites for hydroxylation is 2. The molecule has 1 saturated carbocycles. The molecule has 1 aromatic heterocycles. The number of aromatic nitrogens is 1. The molecule has 3 N–H and O–H groups in total. The maximum absolute atomic E-state index is 14.1. The van der Waals surface area contributed by atoms with Gasteiger partial charge in [0.15, 0.2) is 0 Å². The molecule has 2 saturated heterocycles. The molecular formula is C40H51N5O5. The molecule has 7 rings (SSSR count). The monoisotopic (exact) mass is 681 g/mol. The highest BCUT2D eigenvalue weighted by Gasteiger charge is 2.47. The van der Waals surface area contributed by atoms with E-state index in [4.69, 9.17) is 9.47 Å². The van der Waals surface area contributed by atoms with Crippen LogP contribution in [0.4, 0.5) is 11.4 Å². The highest BCUT2D eigenvalue weighted by Crippen LogP contribution is 2.46. The third-order valence-corrected chi connectivity index (χ3v) is 12.0. The molecular weight excluding hydrogens is 630 g/mol. The maximum Gasteiger partial charge on any atom is 0.253 e. The zero-order chi connectivity index (χ0) is 35.2. The van der Waals surface area contributed by atoms with E-state index in [0.717, 1.165) is 90.3 Å². The third-order valence-electron chi connectivity index (χ3n) is 12.0. The number of carbonyl (C=O) groups excluding carboxylic acids is 2. The highest BCUT2D eigenvalue weighted by molar-refractivity contribution is 6.07. The number of carbonyl (C=O) groups is 2. The first-order valence-corrected chi connectivity index (χ1v) is 18.3. The van der Waals surface area contributed by atoms with Crippen LogP contribution in [0.15, 0.2) is 41.2 Å². The van der Waals surface area contributed by atoms with Crippen LogP contribution in [0, 0.1) is 20.8 Å². The number of likely N-dealkylation sites (N-methyl/N-ethyl adjacent to an activating group) is 1. The second-order valence-electron chi connectivity index (χ2n) is 14.8. The number of ether oxygens (including phenoxy) is 2. The Morgan fingerprint density at radius 3 is 2.30 bits per heavy atom. The van der Waals surface area contributed by atoms with Gasteiger partial charge in [0.2, 0.25) is 5.91 Å². The van der Waals surface area contributed by atoms with Gasteiger partial charge in [-0.25, -0.2) is 0 Å². The van der Waals surface area contributed by atoms with E-state index < -0.39 is 5.41 Å². The summed E-state index contributed by atoms with van der Waals surface area (Å²) in [6.07, 6.45) is 5.75. The minimum Gasteiger partial charge on any atom is -0.381 e. The minimum absolute atomic E-state index is 0.0437. The van der Waals surface area contributed by atoms with E-state index in [-0.39, 0.29) is 23.9 Å². The molecule has 10 nitrogen and oxygen atoms in total. The number of nitrogens with zero attached hydrogens (tertiary/aromatic N) is 2. The Kier molecular flexibility index (Phi) is 9.62. The van der Waals surface area contributed by atoms with Gasteiger partial charge in [-0.05, 0) is 125 Å². The van der Waals surface area contributed by atoms with Crippen molar-refractivity contribution in [1.29, 1.82) is 0 Å². The standard InChI is InChI=1S/C40H51N5O5/c1-6-45(30-10-8-29(9-11-30)44(5)31-22-50-23-31)36-20-28(27-7-12-34-35(19-27)43-39(48)40(34)13-15-49-16-14-40)18-32(26(36)4)37(46)41-21-33-24(2)17-25(3)42-38(33)47/h7,12,17-20,29-31H,6,8-11,13-16,21-23H2,1-5H3,(H,41,46)(H,42,47)(H,43,48). The summed E-state index contributed by atoms with van der Waals surface area (Å²) in [4.78, 5) is 48.0. The Morgan fingerprint density at radius 1 is 0.920 bits per heavy atom. The van der Waals surface area contributed by atoms with Gasteiger partial charge in [0, 0.05) is 66.6 Å². The first-order valence-electron chi connectivity index (χ1n) is 18.3. The molecule has 1 spiro atoms. The van der Waals surface area contributed by atoms with Crippen molar-refractivity contribution in [1.82, 2.24) is 15.2 Å². The normalized spacial score (nSPS) is 21.5. The number of aromatic amines is 1. The lowest BCUT2D eigenvalue weighted by Crippen LogP contribution is -2.53. The van der Waals surface area contributed by atoms with Crippen LogP contribution in [0.1, 0.15) is 83.8 Å². The van der Waals surface area contributed by atoms with E-state index in [1.165, 1.54) is 0 Å². The van der Waals surface area contributed by atoms with Gasteiger partial charge in [-0.15, -0.1) is 0 Å². The lowest BCUT2D eigenvalue weighted by Gasteiger charge is -2.45. The first-order chi connectivity index (χ1) is 24.1. The van der Waals surface area contributed by atoms with Crippen molar-refractivity contribution in [2.45, 2.75) is 96.3 Å². The number of H-pyrrole nitrogens is 1. The fourth-order valence-corrected chi connectivity index (χ4v) is 8.75. The van der Waals surface area contributed by atoms with Gasteiger partial charge >= 0.3 is 0 Å². The molecule has 50 heavy (non-hydrogen) atoms. The topological polar surface area (TPSA) is 116 Å². The van der Waals surface area contributed by atoms with Gasteiger partial charge in [0.25, 0.3) is 11.5 Å². The van der Waals surface area contributed by atoms with Crippen LogP contribution in [-0.4, -0.2) is 79.8 Å². The van der Waals surface area contributed by atoms with Crippen molar-refractivity contribution >= 4 is 23.2 Å². The number of fused-ring (bicyclic) bond motifs is 2. The average molecular weight is 682 g/mol. The van der Waals surface area contributed by atoms with Crippen LogP contribution < -0.4 is 21.1 Å². The SMILES string of the molecule is CCN(c1cc(-c2ccc3c(c2)NC(=O)C32CCOCC2)cc(C(=O)NCc2c(C)cc(C)[nH]c2=O)c1C)C1CCC(N(C)C2COC2)CC1. The first kappa shape index (κ1) is 34.5. The number of hydrogen-bond donors (Lipinski definition) is 3. The Balaban J connectivity index is 1.22. The number of nitrogens with one attached hydrogen (secondary N) is 3. The summed E-state index contributed by atoms with van der Waals surface area (Å²) >= 11 is 0. The smallest absolute Gasteiger partial charge is 0.253 e. The predicted octanol–water partition coefficient (Wildman–Crippen LogP) is 5.37. The van der Waals surface area contributed by atoms with Crippen molar-refractivity contribution in [3.05, 3.63) is 80.3 Å². The van der Waals surface area contributed by atoms with Crippen LogP contribution in [0.5, 0.6) is 0 Å². The molecule has 3 fully saturated rings. The van der Waals surface area contributed by atoms with Crippen LogP contribution in [-0.2, 0) is 26.2 Å². The summed E-state index contributed by atoms with van der Waals surface area (Å²) in [6, 6.07) is 13.8. The minimum atomic E-state index is -0.543. The molecule has 10 heteroatoms. The van der Waals surface area contributed by atoms with E-state index in [0.29, 0.717) is 55.3 Å². The van der Waals surface area contributed by atoms with Crippen LogP contribution in [0.2, 0.25) is 0 Å². The predicted molar refractivity (Wildman–Crippen MR) is 196 cm³/mol. The van der Waals surface area contributed by atoms with Crippen LogP contribution in [0.25, 0.3) is 11.1 Å². The van der Waals surface area contributed by atoms with Crippen molar-refractivity contribution in [3.8, 4) is 11.1 Å². The number of hydrogen-bond acceptors (Lipinski definition) is 7. The lowest BCUT2D eigenvalue weighted by atomic mass is 9.75. The van der Waals surface area contributed by atoms with Gasteiger partial charge in [0.05, 0.1) is 24.7 Å². The molecule has 2 amide bonds. The fourth-order valence-electron chi connectivity index (χ4n) is 8.75. The van der Waals surface area contributed by atoms with Crippen molar-refractivity contribution in [2.24, 2.45) is 0 Å².